The fourth-order valence-corrected chi connectivity index (χ4v) is 1.69. The molecule has 0 saturated heterocycles. The molecule has 0 bridgehead atoms. The summed E-state index contributed by atoms with van der Waals surface area (Å²) in [7, 11) is 3.02. The molecule has 0 radical (unpaired) electrons. The molecule has 1 aromatic carbocycles. The summed E-state index contributed by atoms with van der Waals surface area (Å²) >= 11 is 0. The number of anilines is 1. The molecular formula is C13H14N2O3. The molecule has 0 atom stereocenters. The number of ketones is 1. The number of ether oxygens (including phenoxy) is 2. The first kappa shape index (κ1) is 12.0. The predicted molar refractivity (Wildman–Crippen MR) is 68.2 cm³/mol. The van der Waals surface area contributed by atoms with Gasteiger partial charge in [0.05, 0.1) is 31.2 Å². The van der Waals surface area contributed by atoms with Crippen LogP contribution in [0, 0.1) is 0 Å². The molecule has 0 aliphatic carbocycles. The lowest BCUT2D eigenvalue weighted by molar-refractivity contribution is 0.103. The SMILES string of the molecule is COc1cc(OC)c(N)c(C(=O)c2ccc[nH]2)c1. The number of nitrogens with two attached hydrogens (primary N) is 1. The van der Waals surface area contributed by atoms with Crippen LogP contribution in [0.15, 0.2) is 30.5 Å². The largest absolute Gasteiger partial charge is 0.497 e. The molecule has 0 amide bonds. The van der Waals surface area contributed by atoms with Gasteiger partial charge in [-0.3, -0.25) is 4.79 Å². The lowest BCUT2D eigenvalue weighted by atomic mass is 10.1. The van der Waals surface area contributed by atoms with Crippen molar-refractivity contribution in [3.63, 3.8) is 0 Å². The summed E-state index contributed by atoms with van der Waals surface area (Å²) in [4.78, 5) is 15.1. The maximum atomic E-state index is 12.2. The van der Waals surface area contributed by atoms with Crippen LogP contribution in [0.1, 0.15) is 16.1 Å². The van der Waals surface area contributed by atoms with Gasteiger partial charge in [-0.2, -0.15) is 0 Å². The van der Waals surface area contributed by atoms with Gasteiger partial charge in [0.25, 0.3) is 0 Å². The van der Waals surface area contributed by atoms with Crippen LogP contribution in [0.5, 0.6) is 11.5 Å². The maximum absolute atomic E-state index is 12.2. The van der Waals surface area contributed by atoms with Crippen molar-refractivity contribution in [2.45, 2.75) is 0 Å². The molecule has 5 nitrogen and oxygen atoms in total. The second-order valence-electron chi connectivity index (χ2n) is 3.70. The van der Waals surface area contributed by atoms with Crippen LogP contribution in [-0.2, 0) is 0 Å². The van der Waals surface area contributed by atoms with Crippen molar-refractivity contribution in [2.24, 2.45) is 0 Å². The summed E-state index contributed by atoms with van der Waals surface area (Å²) in [6, 6.07) is 6.68. The molecule has 18 heavy (non-hydrogen) atoms. The molecule has 2 rings (SSSR count). The van der Waals surface area contributed by atoms with Gasteiger partial charge in [-0.1, -0.05) is 0 Å². The van der Waals surface area contributed by atoms with Crippen LogP contribution in [0.25, 0.3) is 0 Å². The van der Waals surface area contributed by atoms with E-state index in [-0.39, 0.29) is 5.78 Å². The minimum Gasteiger partial charge on any atom is -0.497 e. The minimum atomic E-state index is -0.199. The molecular weight excluding hydrogens is 232 g/mol. The molecule has 0 spiro atoms. The Morgan fingerprint density at radius 3 is 2.61 bits per heavy atom. The van der Waals surface area contributed by atoms with E-state index in [0.717, 1.165) is 0 Å². The number of carbonyl (C=O) groups excluding carboxylic acids is 1. The topological polar surface area (TPSA) is 77.3 Å². The van der Waals surface area contributed by atoms with Gasteiger partial charge in [-0.05, 0) is 18.2 Å². The molecule has 0 aliphatic heterocycles. The normalized spacial score (nSPS) is 10.1. The van der Waals surface area contributed by atoms with E-state index >= 15 is 0 Å². The molecule has 0 unspecified atom stereocenters. The number of rotatable bonds is 4. The third-order valence-electron chi connectivity index (χ3n) is 2.66. The van der Waals surface area contributed by atoms with E-state index in [1.54, 1.807) is 30.5 Å². The molecule has 1 aromatic heterocycles. The zero-order chi connectivity index (χ0) is 13.1. The monoisotopic (exact) mass is 246 g/mol. The van der Waals surface area contributed by atoms with E-state index in [1.807, 2.05) is 0 Å². The van der Waals surface area contributed by atoms with Gasteiger partial charge >= 0.3 is 0 Å². The lowest BCUT2D eigenvalue weighted by Crippen LogP contribution is -2.07. The second-order valence-corrected chi connectivity index (χ2v) is 3.70. The van der Waals surface area contributed by atoms with Crippen molar-refractivity contribution in [1.82, 2.24) is 4.98 Å². The molecule has 3 N–H and O–H groups in total. The number of hydrogen-bond acceptors (Lipinski definition) is 4. The van der Waals surface area contributed by atoms with Crippen LogP contribution in [0.3, 0.4) is 0 Å². The third-order valence-corrected chi connectivity index (χ3v) is 2.66. The first-order valence-electron chi connectivity index (χ1n) is 5.37. The third kappa shape index (κ3) is 2.02. The van der Waals surface area contributed by atoms with Gasteiger partial charge < -0.3 is 20.2 Å². The van der Waals surface area contributed by atoms with E-state index in [1.165, 1.54) is 14.2 Å². The van der Waals surface area contributed by atoms with Crippen molar-refractivity contribution >= 4 is 11.5 Å². The first-order valence-corrected chi connectivity index (χ1v) is 5.37. The summed E-state index contributed by atoms with van der Waals surface area (Å²) in [5.41, 5.74) is 7.04. The van der Waals surface area contributed by atoms with Crippen molar-refractivity contribution in [3.8, 4) is 11.5 Å². The second kappa shape index (κ2) is 4.83. The Morgan fingerprint density at radius 2 is 2.06 bits per heavy atom. The lowest BCUT2D eigenvalue weighted by Gasteiger charge is -2.11. The number of carbonyl (C=O) groups is 1. The Hall–Kier alpha value is -2.43. The van der Waals surface area contributed by atoms with E-state index < -0.39 is 0 Å². The smallest absolute Gasteiger partial charge is 0.211 e. The fourth-order valence-electron chi connectivity index (χ4n) is 1.69. The Labute approximate surface area is 105 Å². The van der Waals surface area contributed by atoms with Gasteiger partial charge in [0.1, 0.15) is 11.5 Å². The number of H-pyrrole nitrogens is 1. The summed E-state index contributed by atoms with van der Waals surface area (Å²) in [5.74, 6) is 0.745. The maximum Gasteiger partial charge on any atom is 0.211 e. The van der Waals surface area contributed by atoms with Crippen molar-refractivity contribution in [3.05, 3.63) is 41.7 Å². The fraction of sp³-hybridized carbons (Fsp3) is 0.154. The molecule has 94 valence electrons. The average Bonchev–Trinajstić information content (AvgIpc) is 2.92. The molecule has 0 aliphatic rings. The van der Waals surface area contributed by atoms with Crippen LogP contribution in [0.2, 0.25) is 0 Å². The highest BCUT2D eigenvalue weighted by molar-refractivity contribution is 6.12. The van der Waals surface area contributed by atoms with Crippen LogP contribution in [0.4, 0.5) is 5.69 Å². The average molecular weight is 246 g/mol. The highest BCUT2D eigenvalue weighted by Gasteiger charge is 2.17. The van der Waals surface area contributed by atoms with Crippen molar-refractivity contribution in [2.75, 3.05) is 20.0 Å². The Kier molecular flexibility index (Phi) is 3.23. The van der Waals surface area contributed by atoms with E-state index in [4.69, 9.17) is 15.2 Å². The zero-order valence-electron chi connectivity index (χ0n) is 10.2. The van der Waals surface area contributed by atoms with E-state index in [2.05, 4.69) is 4.98 Å². The number of aromatic nitrogens is 1. The molecule has 5 heteroatoms. The summed E-state index contributed by atoms with van der Waals surface area (Å²) < 4.78 is 10.3. The van der Waals surface area contributed by atoms with E-state index in [9.17, 15) is 4.79 Å². The van der Waals surface area contributed by atoms with Crippen LogP contribution < -0.4 is 15.2 Å². The summed E-state index contributed by atoms with van der Waals surface area (Å²) in [6.07, 6.45) is 1.68. The highest BCUT2D eigenvalue weighted by atomic mass is 16.5. The number of nitrogens with one attached hydrogen (secondary N) is 1. The quantitative estimate of drug-likeness (QED) is 0.637. The first-order chi connectivity index (χ1) is 8.67. The van der Waals surface area contributed by atoms with Crippen LogP contribution >= 0.6 is 0 Å². The van der Waals surface area contributed by atoms with Gasteiger partial charge in [0, 0.05) is 12.3 Å². The highest BCUT2D eigenvalue weighted by Crippen LogP contribution is 2.32. The van der Waals surface area contributed by atoms with Crippen molar-refractivity contribution < 1.29 is 14.3 Å². The Bertz CT molecular complexity index is 562. The van der Waals surface area contributed by atoms with Gasteiger partial charge in [-0.25, -0.2) is 0 Å². The minimum absolute atomic E-state index is 0.199. The van der Waals surface area contributed by atoms with Gasteiger partial charge in [-0.15, -0.1) is 0 Å². The van der Waals surface area contributed by atoms with Crippen molar-refractivity contribution in [1.29, 1.82) is 0 Å². The summed E-state index contributed by atoms with van der Waals surface area (Å²) in [6.45, 7) is 0. The molecule has 2 aromatic rings. The predicted octanol–water partition coefficient (Wildman–Crippen LogP) is 1.85. The van der Waals surface area contributed by atoms with E-state index in [0.29, 0.717) is 28.4 Å². The van der Waals surface area contributed by atoms with Gasteiger partial charge in [0.15, 0.2) is 0 Å². The molecule has 0 fully saturated rings. The standard InChI is InChI=1S/C13H14N2O3/c1-17-8-6-9(12(14)11(7-8)18-2)13(16)10-4-3-5-15-10/h3-7,15H,14H2,1-2H3. The number of aromatic amines is 1. The number of benzene rings is 1. The summed E-state index contributed by atoms with van der Waals surface area (Å²) in [5, 5.41) is 0. The Balaban J connectivity index is 2.53. The van der Waals surface area contributed by atoms with Gasteiger partial charge in [0.2, 0.25) is 5.78 Å². The number of nitrogen functional groups attached to an aromatic ring is 1. The molecule has 1 heterocycles. The zero-order valence-corrected chi connectivity index (χ0v) is 10.2. The Morgan fingerprint density at radius 1 is 1.28 bits per heavy atom. The number of hydrogen-bond donors (Lipinski definition) is 2. The van der Waals surface area contributed by atoms with Crippen LogP contribution in [-0.4, -0.2) is 25.0 Å². The molecule has 0 saturated carbocycles. The number of methoxy groups -OCH3 is 2.